The molecule has 1 aliphatic rings. The molecule has 1 aliphatic heterocycles. The van der Waals surface area contributed by atoms with Crippen LogP contribution in [0.25, 0.3) is 0 Å². The first-order valence-electron chi connectivity index (χ1n) is 6.32. The highest BCUT2D eigenvalue weighted by molar-refractivity contribution is 5.55. The van der Waals surface area contributed by atoms with Crippen LogP contribution in [0.4, 0.5) is 5.69 Å². The van der Waals surface area contributed by atoms with Gasteiger partial charge in [-0.05, 0) is 32.3 Å². The zero-order valence-electron chi connectivity index (χ0n) is 10.4. The fraction of sp³-hybridized carbons (Fsp3) is 0.571. The molecule has 1 saturated heterocycles. The van der Waals surface area contributed by atoms with Gasteiger partial charge in [0.05, 0.1) is 26.7 Å². The minimum absolute atomic E-state index is 1.05. The van der Waals surface area contributed by atoms with Crippen LogP contribution in [0.15, 0.2) is 24.3 Å². The third kappa shape index (κ3) is 1.94. The summed E-state index contributed by atoms with van der Waals surface area (Å²) in [6, 6.07) is 8.49. The van der Waals surface area contributed by atoms with E-state index in [-0.39, 0.29) is 0 Å². The Bertz CT molecular complexity index is 342. The smallest absolute Gasteiger partial charge is 0.179 e. The van der Waals surface area contributed by atoms with E-state index in [2.05, 4.69) is 31.2 Å². The highest BCUT2D eigenvalue weighted by Gasteiger charge is 2.33. The van der Waals surface area contributed by atoms with Gasteiger partial charge in [0.25, 0.3) is 0 Å². The number of nitrogens with zero attached hydrogens (tertiary/aromatic N) is 1. The van der Waals surface area contributed by atoms with Crippen molar-refractivity contribution in [3.05, 3.63) is 24.3 Å². The zero-order valence-corrected chi connectivity index (χ0v) is 10.4. The molecule has 88 valence electrons. The van der Waals surface area contributed by atoms with Crippen LogP contribution in [-0.2, 0) is 0 Å². The van der Waals surface area contributed by atoms with Crippen molar-refractivity contribution in [3.8, 4) is 5.75 Å². The molecule has 0 atom stereocenters. The summed E-state index contributed by atoms with van der Waals surface area (Å²) in [4.78, 5) is 0. The van der Waals surface area contributed by atoms with Crippen molar-refractivity contribution < 1.29 is 4.74 Å². The van der Waals surface area contributed by atoms with E-state index in [0.717, 1.165) is 10.2 Å². The molecule has 0 N–H and O–H groups in total. The van der Waals surface area contributed by atoms with Crippen molar-refractivity contribution in [1.82, 2.24) is 4.48 Å². The van der Waals surface area contributed by atoms with E-state index in [1.54, 1.807) is 7.11 Å². The summed E-state index contributed by atoms with van der Waals surface area (Å²) in [7, 11) is 1.77. The molecule has 0 saturated carbocycles. The molecule has 0 unspecified atom stereocenters. The fourth-order valence-electron chi connectivity index (χ4n) is 2.87. The quantitative estimate of drug-likeness (QED) is 0.711. The second-order valence-electron chi connectivity index (χ2n) is 4.64. The summed E-state index contributed by atoms with van der Waals surface area (Å²) < 4.78 is 6.61. The van der Waals surface area contributed by atoms with Gasteiger partial charge in [-0.1, -0.05) is 12.1 Å². The van der Waals surface area contributed by atoms with Crippen LogP contribution in [0.1, 0.15) is 26.2 Å². The average molecular weight is 220 g/mol. The van der Waals surface area contributed by atoms with Gasteiger partial charge >= 0.3 is 0 Å². The molecule has 0 aromatic heterocycles. The molecule has 0 radical (unpaired) electrons. The first kappa shape index (κ1) is 11.5. The van der Waals surface area contributed by atoms with Crippen molar-refractivity contribution in [2.24, 2.45) is 0 Å². The lowest BCUT2D eigenvalue weighted by Crippen LogP contribution is -2.52. The maximum Gasteiger partial charge on any atom is 0.179 e. The van der Waals surface area contributed by atoms with Gasteiger partial charge in [0.15, 0.2) is 11.4 Å². The lowest BCUT2D eigenvalue weighted by atomic mass is 10.1. The van der Waals surface area contributed by atoms with Gasteiger partial charge in [0.2, 0.25) is 0 Å². The number of rotatable bonds is 3. The number of benzene rings is 1. The molecule has 1 heterocycles. The zero-order chi connectivity index (χ0) is 11.4. The van der Waals surface area contributed by atoms with E-state index in [1.807, 2.05) is 0 Å². The fourth-order valence-corrected chi connectivity index (χ4v) is 2.87. The molecule has 2 heteroatoms. The first-order chi connectivity index (χ1) is 7.82. The van der Waals surface area contributed by atoms with Gasteiger partial charge in [-0.2, -0.15) is 0 Å². The molecular formula is C14H22NO+. The van der Waals surface area contributed by atoms with E-state index < -0.39 is 0 Å². The number of para-hydroxylation sites is 2. The third-order valence-corrected chi connectivity index (χ3v) is 3.87. The number of hydrogen-bond donors (Lipinski definition) is 0. The van der Waals surface area contributed by atoms with Gasteiger partial charge in [-0.25, -0.2) is 0 Å². The standard InChI is InChI=1S/C14H22NO/c1-3-15(11-7-4-8-12-15)13-9-5-6-10-14(13)16-2/h5-6,9-10H,3-4,7-8,11-12H2,1-2H3/q+1. The molecular weight excluding hydrogens is 198 g/mol. The van der Waals surface area contributed by atoms with Crippen molar-refractivity contribution in [2.45, 2.75) is 26.2 Å². The Morgan fingerprint density at radius 3 is 2.44 bits per heavy atom. The van der Waals surface area contributed by atoms with E-state index in [1.165, 1.54) is 44.6 Å². The molecule has 1 fully saturated rings. The summed E-state index contributed by atoms with van der Waals surface area (Å²) in [5.74, 6) is 1.05. The lowest BCUT2D eigenvalue weighted by molar-refractivity contribution is 0.232. The highest BCUT2D eigenvalue weighted by Crippen LogP contribution is 2.35. The Kier molecular flexibility index (Phi) is 3.49. The molecule has 0 amide bonds. The molecule has 16 heavy (non-hydrogen) atoms. The van der Waals surface area contributed by atoms with Gasteiger partial charge in [0.1, 0.15) is 0 Å². The third-order valence-electron chi connectivity index (χ3n) is 3.87. The maximum absolute atomic E-state index is 5.51. The monoisotopic (exact) mass is 220 g/mol. The summed E-state index contributed by atoms with van der Waals surface area (Å²) >= 11 is 0. The molecule has 1 aromatic rings. The van der Waals surface area contributed by atoms with E-state index in [0.29, 0.717) is 0 Å². The number of hydrogen-bond acceptors (Lipinski definition) is 1. The summed E-state index contributed by atoms with van der Waals surface area (Å²) in [6.07, 6.45) is 4.06. The number of quaternary nitrogens is 1. The lowest BCUT2D eigenvalue weighted by Gasteiger charge is -2.40. The average Bonchev–Trinajstić information content (AvgIpc) is 2.39. The Morgan fingerprint density at radius 2 is 1.81 bits per heavy atom. The summed E-state index contributed by atoms with van der Waals surface area (Å²) in [5.41, 5.74) is 1.37. The van der Waals surface area contributed by atoms with E-state index >= 15 is 0 Å². The van der Waals surface area contributed by atoms with Crippen molar-refractivity contribution in [3.63, 3.8) is 0 Å². The highest BCUT2D eigenvalue weighted by atomic mass is 16.5. The number of piperidine rings is 1. The predicted molar refractivity (Wildman–Crippen MR) is 68.9 cm³/mol. The van der Waals surface area contributed by atoms with Crippen molar-refractivity contribution >= 4 is 5.69 Å². The Balaban J connectivity index is 2.38. The topological polar surface area (TPSA) is 9.23 Å². The Labute approximate surface area is 98.4 Å². The van der Waals surface area contributed by atoms with Crippen LogP contribution in [0.3, 0.4) is 0 Å². The van der Waals surface area contributed by atoms with Gasteiger partial charge < -0.3 is 4.74 Å². The number of likely N-dealkylation sites (tertiary alicyclic amines) is 1. The molecule has 1 aromatic carbocycles. The van der Waals surface area contributed by atoms with Gasteiger partial charge in [0, 0.05) is 6.07 Å². The first-order valence-corrected chi connectivity index (χ1v) is 6.32. The molecule has 2 rings (SSSR count). The van der Waals surface area contributed by atoms with Crippen LogP contribution in [0, 0.1) is 0 Å². The van der Waals surface area contributed by atoms with Crippen LogP contribution < -0.4 is 9.22 Å². The molecule has 0 bridgehead atoms. The largest absolute Gasteiger partial charge is 0.491 e. The van der Waals surface area contributed by atoms with Crippen LogP contribution in [0.2, 0.25) is 0 Å². The normalized spacial score (nSPS) is 19.4. The van der Waals surface area contributed by atoms with Crippen LogP contribution in [-0.4, -0.2) is 26.7 Å². The SMILES string of the molecule is CC[N+]1(c2ccccc2OC)CCCCC1. The maximum atomic E-state index is 5.51. The molecule has 2 nitrogen and oxygen atoms in total. The van der Waals surface area contributed by atoms with E-state index in [4.69, 9.17) is 4.74 Å². The van der Waals surface area contributed by atoms with Crippen molar-refractivity contribution in [1.29, 1.82) is 0 Å². The minimum Gasteiger partial charge on any atom is -0.491 e. The number of methoxy groups -OCH3 is 1. The second kappa shape index (κ2) is 4.88. The summed E-state index contributed by atoms with van der Waals surface area (Å²) in [5, 5.41) is 0. The van der Waals surface area contributed by atoms with Gasteiger partial charge in [-0.3, -0.25) is 4.48 Å². The van der Waals surface area contributed by atoms with Crippen LogP contribution >= 0.6 is 0 Å². The Hall–Kier alpha value is -1.02. The second-order valence-corrected chi connectivity index (χ2v) is 4.64. The molecule has 0 aliphatic carbocycles. The Morgan fingerprint density at radius 1 is 1.12 bits per heavy atom. The predicted octanol–water partition coefficient (Wildman–Crippen LogP) is 3.21. The molecule has 0 spiro atoms. The van der Waals surface area contributed by atoms with Gasteiger partial charge in [-0.15, -0.1) is 0 Å². The van der Waals surface area contributed by atoms with Crippen LogP contribution in [0.5, 0.6) is 5.75 Å². The minimum atomic E-state index is 1.05. The van der Waals surface area contributed by atoms with Crippen molar-refractivity contribution in [2.75, 3.05) is 26.7 Å². The summed E-state index contributed by atoms with van der Waals surface area (Å²) in [6.45, 7) is 5.98. The number of ether oxygens (including phenoxy) is 1. The van der Waals surface area contributed by atoms with E-state index in [9.17, 15) is 0 Å².